The molecule has 1 saturated heterocycles. The minimum Gasteiger partial charge on any atom is -0.371 e. The first-order chi connectivity index (χ1) is 9.40. The number of nitrogens with zero attached hydrogens (tertiary/aromatic N) is 2. The molecule has 0 saturated carbocycles. The molecule has 1 aromatic heterocycles. The van der Waals surface area contributed by atoms with Crippen molar-refractivity contribution >= 4 is 17.4 Å². The molecule has 3 nitrogen and oxygen atoms in total. The molecular formula is C15H25N3S. The van der Waals surface area contributed by atoms with Gasteiger partial charge in [0, 0.05) is 37.2 Å². The van der Waals surface area contributed by atoms with Gasteiger partial charge in [0.05, 0.1) is 0 Å². The topological polar surface area (TPSA) is 28.2 Å². The quantitative estimate of drug-likeness (QED) is 0.777. The van der Waals surface area contributed by atoms with Crippen molar-refractivity contribution in [3.05, 3.63) is 24.5 Å². The van der Waals surface area contributed by atoms with E-state index in [0.29, 0.717) is 6.04 Å². The van der Waals surface area contributed by atoms with E-state index in [2.05, 4.69) is 33.6 Å². The number of hydrogen-bond donors (Lipinski definition) is 1. The fourth-order valence-corrected chi connectivity index (χ4v) is 3.07. The minimum absolute atomic E-state index is 0.715. The molecule has 0 aromatic carbocycles. The van der Waals surface area contributed by atoms with Gasteiger partial charge in [0.2, 0.25) is 0 Å². The number of aromatic nitrogens is 1. The van der Waals surface area contributed by atoms with Crippen molar-refractivity contribution in [3.63, 3.8) is 0 Å². The first kappa shape index (κ1) is 14.7. The van der Waals surface area contributed by atoms with E-state index in [1.54, 1.807) is 0 Å². The molecule has 2 heterocycles. The minimum atomic E-state index is 0.715. The number of anilines is 1. The Morgan fingerprint density at radius 3 is 2.68 bits per heavy atom. The maximum absolute atomic E-state index is 4.08. The highest BCUT2D eigenvalue weighted by molar-refractivity contribution is 7.98. The molecule has 19 heavy (non-hydrogen) atoms. The van der Waals surface area contributed by atoms with Gasteiger partial charge in [0.15, 0.2) is 0 Å². The maximum atomic E-state index is 4.08. The predicted molar refractivity (Wildman–Crippen MR) is 85.1 cm³/mol. The van der Waals surface area contributed by atoms with E-state index < -0.39 is 0 Å². The summed E-state index contributed by atoms with van der Waals surface area (Å²) in [5.41, 5.74) is 1.31. The molecule has 0 bridgehead atoms. The second kappa shape index (κ2) is 8.43. The summed E-state index contributed by atoms with van der Waals surface area (Å²) in [5, 5.41) is 3.70. The molecule has 0 radical (unpaired) electrons. The predicted octanol–water partition coefficient (Wildman–Crippen LogP) is 2.78. The number of nitrogens with one attached hydrogen (secondary N) is 1. The molecule has 2 rings (SSSR count). The summed E-state index contributed by atoms with van der Waals surface area (Å²) in [6, 6.07) is 4.93. The number of unbranched alkanes of at least 4 members (excludes halogenated alkanes) is 1. The first-order valence-electron chi connectivity index (χ1n) is 7.27. The summed E-state index contributed by atoms with van der Waals surface area (Å²) in [6.07, 6.45) is 11.1. The molecule has 1 aliphatic rings. The van der Waals surface area contributed by atoms with Gasteiger partial charge in [-0.3, -0.25) is 4.98 Å². The summed E-state index contributed by atoms with van der Waals surface area (Å²) in [7, 11) is 0. The summed E-state index contributed by atoms with van der Waals surface area (Å²) < 4.78 is 0. The van der Waals surface area contributed by atoms with E-state index >= 15 is 0 Å². The largest absolute Gasteiger partial charge is 0.371 e. The molecule has 0 amide bonds. The van der Waals surface area contributed by atoms with Crippen LogP contribution in [0.1, 0.15) is 25.7 Å². The van der Waals surface area contributed by atoms with Crippen LogP contribution in [0.2, 0.25) is 0 Å². The lowest BCUT2D eigenvalue weighted by atomic mass is 10.0. The Labute approximate surface area is 121 Å². The van der Waals surface area contributed by atoms with Gasteiger partial charge in [-0.15, -0.1) is 0 Å². The summed E-state index contributed by atoms with van der Waals surface area (Å²) in [6.45, 7) is 3.50. The van der Waals surface area contributed by atoms with Crippen molar-refractivity contribution in [1.29, 1.82) is 0 Å². The Balaban J connectivity index is 1.63. The van der Waals surface area contributed by atoms with Crippen molar-refractivity contribution in [3.8, 4) is 0 Å². The van der Waals surface area contributed by atoms with Crippen molar-refractivity contribution in [2.24, 2.45) is 0 Å². The number of pyridine rings is 1. The highest BCUT2D eigenvalue weighted by atomic mass is 32.2. The van der Waals surface area contributed by atoms with Crippen LogP contribution in [-0.4, -0.2) is 42.7 Å². The molecule has 0 aliphatic carbocycles. The maximum Gasteiger partial charge on any atom is 0.0397 e. The molecule has 1 N–H and O–H groups in total. The fourth-order valence-electron chi connectivity index (χ4n) is 2.57. The van der Waals surface area contributed by atoms with Gasteiger partial charge in [-0.2, -0.15) is 11.8 Å². The lowest BCUT2D eigenvalue weighted by Crippen LogP contribution is -2.42. The lowest BCUT2D eigenvalue weighted by Gasteiger charge is -2.34. The molecule has 0 atom stereocenters. The standard InChI is InChI=1S/C15H25N3S/c1-19-13-3-2-8-17-14-6-11-18(12-7-14)15-4-9-16-10-5-15/h4-5,9-10,14,17H,2-3,6-8,11-13H2,1H3. The van der Waals surface area contributed by atoms with Crippen LogP contribution in [0.5, 0.6) is 0 Å². The smallest absolute Gasteiger partial charge is 0.0397 e. The van der Waals surface area contributed by atoms with Crippen molar-refractivity contribution in [1.82, 2.24) is 10.3 Å². The summed E-state index contributed by atoms with van der Waals surface area (Å²) in [4.78, 5) is 6.55. The van der Waals surface area contributed by atoms with E-state index in [1.807, 2.05) is 24.2 Å². The average molecular weight is 279 g/mol. The van der Waals surface area contributed by atoms with Crippen LogP contribution in [0.15, 0.2) is 24.5 Å². The Hall–Kier alpha value is -0.740. The SMILES string of the molecule is CSCCCCNC1CCN(c2ccncc2)CC1. The van der Waals surface area contributed by atoms with Gasteiger partial charge in [-0.25, -0.2) is 0 Å². The molecular weight excluding hydrogens is 254 g/mol. The van der Waals surface area contributed by atoms with Crippen LogP contribution in [0.25, 0.3) is 0 Å². The fraction of sp³-hybridized carbons (Fsp3) is 0.667. The van der Waals surface area contributed by atoms with E-state index in [1.165, 1.54) is 43.7 Å². The molecule has 1 aromatic rings. The van der Waals surface area contributed by atoms with Crippen molar-refractivity contribution in [2.45, 2.75) is 31.7 Å². The van der Waals surface area contributed by atoms with Gasteiger partial charge in [0.25, 0.3) is 0 Å². The second-order valence-electron chi connectivity index (χ2n) is 5.12. The third-order valence-corrected chi connectivity index (χ3v) is 4.43. The molecule has 1 aliphatic heterocycles. The second-order valence-corrected chi connectivity index (χ2v) is 6.11. The third kappa shape index (κ3) is 5.03. The van der Waals surface area contributed by atoms with Gasteiger partial charge >= 0.3 is 0 Å². The zero-order chi connectivity index (χ0) is 13.3. The van der Waals surface area contributed by atoms with Gasteiger partial charge in [-0.1, -0.05) is 0 Å². The van der Waals surface area contributed by atoms with Crippen LogP contribution >= 0.6 is 11.8 Å². The zero-order valence-corrected chi connectivity index (χ0v) is 12.7. The van der Waals surface area contributed by atoms with Crippen LogP contribution in [0.3, 0.4) is 0 Å². The number of thioether (sulfide) groups is 1. The third-order valence-electron chi connectivity index (χ3n) is 3.73. The number of hydrogen-bond acceptors (Lipinski definition) is 4. The van der Waals surface area contributed by atoms with E-state index in [9.17, 15) is 0 Å². The van der Waals surface area contributed by atoms with Crippen molar-refractivity contribution in [2.75, 3.05) is 36.5 Å². The zero-order valence-electron chi connectivity index (χ0n) is 11.8. The van der Waals surface area contributed by atoms with Crippen molar-refractivity contribution < 1.29 is 0 Å². The van der Waals surface area contributed by atoms with Crippen LogP contribution in [-0.2, 0) is 0 Å². The van der Waals surface area contributed by atoms with E-state index in [-0.39, 0.29) is 0 Å². The lowest BCUT2D eigenvalue weighted by molar-refractivity contribution is 0.412. The molecule has 0 unspecified atom stereocenters. The average Bonchev–Trinajstić information content (AvgIpc) is 2.49. The highest BCUT2D eigenvalue weighted by Crippen LogP contribution is 2.18. The van der Waals surface area contributed by atoms with Gasteiger partial charge in [-0.05, 0) is 56.4 Å². The molecule has 4 heteroatoms. The Bertz CT molecular complexity index is 337. The normalized spacial score (nSPS) is 16.8. The van der Waals surface area contributed by atoms with E-state index in [0.717, 1.165) is 13.1 Å². The van der Waals surface area contributed by atoms with Crippen LogP contribution < -0.4 is 10.2 Å². The van der Waals surface area contributed by atoms with Gasteiger partial charge in [0.1, 0.15) is 0 Å². The number of piperidine rings is 1. The van der Waals surface area contributed by atoms with Gasteiger partial charge < -0.3 is 10.2 Å². The highest BCUT2D eigenvalue weighted by Gasteiger charge is 2.18. The Morgan fingerprint density at radius 2 is 2.00 bits per heavy atom. The monoisotopic (exact) mass is 279 g/mol. The first-order valence-corrected chi connectivity index (χ1v) is 8.67. The molecule has 106 valence electrons. The molecule has 1 fully saturated rings. The number of rotatable bonds is 7. The van der Waals surface area contributed by atoms with Crippen LogP contribution in [0, 0.1) is 0 Å². The Kier molecular flexibility index (Phi) is 6.51. The molecule has 0 spiro atoms. The summed E-state index contributed by atoms with van der Waals surface area (Å²) in [5.74, 6) is 1.29. The Morgan fingerprint density at radius 1 is 1.26 bits per heavy atom. The van der Waals surface area contributed by atoms with E-state index in [4.69, 9.17) is 0 Å². The van der Waals surface area contributed by atoms with Crippen LogP contribution in [0.4, 0.5) is 5.69 Å². The summed E-state index contributed by atoms with van der Waals surface area (Å²) >= 11 is 1.95.